The summed E-state index contributed by atoms with van der Waals surface area (Å²) in [7, 11) is 2.03. The Hall–Kier alpha value is -1.09. The van der Waals surface area contributed by atoms with Crippen molar-refractivity contribution in [3.63, 3.8) is 0 Å². The summed E-state index contributed by atoms with van der Waals surface area (Å²) < 4.78 is 14.3. The highest BCUT2D eigenvalue weighted by molar-refractivity contribution is 5.54. The molecule has 1 aliphatic carbocycles. The Morgan fingerprint density at radius 3 is 2.52 bits per heavy atom. The van der Waals surface area contributed by atoms with Crippen LogP contribution in [0.15, 0.2) is 18.2 Å². The zero-order chi connectivity index (χ0) is 15.5. The van der Waals surface area contributed by atoms with E-state index in [1.165, 1.54) is 25.7 Å². The summed E-state index contributed by atoms with van der Waals surface area (Å²) in [5, 5.41) is 3.46. The molecule has 118 valence electrons. The number of nitrogens with zero attached hydrogens (tertiary/aromatic N) is 1. The van der Waals surface area contributed by atoms with Crippen molar-refractivity contribution in [1.29, 1.82) is 0 Å². The van der Waals surface area contributed by atoms with Gasteiger partial charge in [0.05, 0.1) is 5.69 Å². The molecule has 21 heavy (non-hydrogen) atoms. The molecule has 1 aromatic rings. The second-order valence-corrected chi connectivity index (χ2v) is 7.38. The predicted molar refractivity (Wildman–Crippen MR) is 88.2 cm³/mol. The fraction of sp³-hybridized carbons (Fsp3) is 0.667. The molecule has 0 unspecified atom stereocenters. The van der Waals surface area contributed by atoms with Gasteiger partial charge >= 0.3 is 0 Å². The maximum Gasteiger partial charge on any atom is 0.146 e. The normalized spacial score (nSPS) is 16.4. The molecule has 0 saturated heterocycles. The van der Waals surface area contributed by atoms with Crippen LogP contribution >= 0.6 is 0 Å². The monoisotopic (exact) mass is 292 g/mol. The van der Waals surface area contributed by atoms with Crippen molar-refractivity contribution in [1.82, 2.24) is 5.32 Å². The van der Waals surface area contributed by atoms with E-state index in [0.29, 0.717) is 6.54 Å². The molecule has 2 nitrogen and oxygen atoms in total. The van der Waals surface area contributed by atoms with Gasteiger partial charge in [0.1, 0.15) is 5.82 Å². The molecule has 1 fully saturated rings. The summed E-state index contributed by atoms with van der Waals surface area (Å²) in [5.41, 5.74) is 1.85. The van der Waals surface area contributed by atoms with Crippen LogP contribution in [0.3, 0.4) is 0 Å². The van der Waals surface area contributed by atoms with Gasteiger partial charge in [0.25, 0.3) is 0 Å². The molecule has 0 amide bonds. The number of nitrogens with one attached hydrogen (secondary N) is 1. The van der Waals surface area contributed by atoms with Crippen molar-refractivity contribution in [3.8, 4) is 0 Å². The summed E-state index contributed by atoms with van der Waals surface area (Å²) in [5.74, 6) is 0.613. The topological polar surface area (TPSA) is 15.3 Å². The average Bonchev–Trinajstić information content (AvgIpc) is 2.88. The summed E-state index contributed by atoms with van der Waals surface area (Å²) in [6.45, 7) is 8.06. The van der Waals surface area contributed by atoms with E-state index in [2.05, 4.69) is 31.0 Å². The maximum atomic E-state index is 14.3. The first kappa shape index (κ1) is 16.3. The van der Waals surface area contributed by atoms with E-state index in [1.807, 2.05) is 19.2 Å². The summed E-state index contributed by atoms with van der Waals surface area (Å²) >= 11 is 0. The molecule has 1 aliphatic rings. The van der Waals surface area contributed by atoms with Crippen molar-refractivity contribution in [2.24, 2.45) is 5.92 Å². The highest BCUT2D eigenvalue weighted by Crippen LogP contribution is 2.29. The first-order valence-corrected chi connectivity index (χ1v) is 8.10. The lowest BCUT2D eigenvalue weighted by Crippen LogP contribution is -2.36. The molecule has 1 N–H and O–H groups in total. The highest BCUT2D eigenvalue weighted by Gasteiger charge is 2.20. The van der Waals surface area contributed by atoms with Crippen molar-refractivity contribution in [2.75, 3.05) is 18.5 Å². The summed E-state index contributed by atoms with van der Waals surface area (Å²) in [6.07, 6.45) is 5.23. The molecule has 1 aromatic carbocycles. The predicted octanol–water partition coefficient (Wildman–Crippen LogP) is 4.34. The van der Waals surface area contributed by atoms with Gasteiger partial charge in [0.15, 0.2) is 0 Å². The number of rotatable bonds is 5. The summed E-state index contributed by atoms with van der Waals surface area (Å²) in [4.78, 5) is 2.12. The molecular formula is C18H29FN2. The minimum atomic E-state index is -0.108. The zero-order valence-corrected chi connectivity index (χ0v) is 13.9. The number of benzene rings is 1. The Balaban J connectivity index is 2.12. The van der Waals surface area contributed by atoms with E-state index >= 15 is 0 Å². The molecule has 2 rings (SSSR count). The van der Waals surface area contributed by atoms with Crippen molar-refractivity contribution in [3.05, 3.63) is 29.6 Å². The number of halogens is 1. The Morgan fingerprint density at radius 1 is 1.24 bits per heavy atom. The number of para-hydroxylation sites is 1. The maximum absolute atomic E-state index is 14.3. The molecule has 0 spiro atoms. The van der Waals surface area contributed by atoms with Crippen molar-refractivity contribution in [2.45, 2.75) is 58.5 Å². The van der Waals surface area contributed by atoms with Gasteiger partial charge < -0.3 is 10.2 Å². The van der Waals surface area contributed by atoms with E-state index in [0.717, 1.165) is 23.7 Å². The van der Waals surface area contributed by atoms with Crippen LogP contribution in [0.25, 0.3) is 0 Å². The number of hydrogen-bond acceptors (Lipinski definition) is 2. The second kappa shape index (κ2) is 6.78. The Labute approximate surface area is 128 Å². The molecule has 3 heteroatoms. The van der Waals surface area contributed by atoms with Crippen LogP contribution in [0, 0.1) is 11.7 Å². The largest absolute Gasteiger partial charge is 0.372 e. The third-order valence-corrected chi connectivity index (χ3v) is 4.27. The first-order valence-electron chi connectivity index (χ1n) is 8.10. The Morgan fingerprint density at radius 2 is 1.90 bits per heavy atom. The van der Waals surface area contributed by atoms with E-state index in [1.54, 1.807) is 6.07 Å². The van der Waals surface area contributed by atoms with E-state index in [9.17, 15) is 4.39 Å². The zero-order valence-electron chi connectivity index (χ0n) is 13.9. The Bertz CT molecular complexity index is 459. The standard InChI is InChI=1S/C18H29FN2/c1-18(2,3)20-12-15-10-7-11-16(19)17(15)21(4)13-14-8-5-6-9-14/h7,10-11,14,20H,5-6,8-9,12-13H2,1-4H3. The van der Waals surface area contributed by atoms with Crippen LogP contribution in [0.4, 0.5) is 10.1 Å². The van der Waals surface area contributed by atoms with Gasteiger partial charge in [-0.05, 0) is 51.2 Å². The van der Waals surface area contributed by atoms with Crippen LogP contribution in [-0.2, 0) is 6.54 Å². The SMILES string of the molecule is CN(CC1CCCC1)c1c(F)cccc1CNC(C)(C)C. The minimum Gasteiger partial charge on any atom is -0.372 e. The van der Waals surface area contributed by atoms with Gasteiger partial charge in [-0.15, -0.1) is 0 Å². The molecule has 0 aromatic heterocycles. The van der Waals surface area contributed by atoms with Gasteiger partial charge in [-0.2, -0.15) is 0 Å². The molecule has 0 radical (unpaired) electrons. The lowest BCUT2D eigenvalue weighted by molar-refractivity contribution is 0.423. The van der Waals surface area contributed by atoms with Crippen molar-refractivity contribution >= 4 is 5.69 Å². The smallest absolute Gasteiger partial charge is 0.146 e. The first-order chi connectivity index (χ1) is 9.87. The third-order valence-electron chi connectivity index (χ3n) is 4.27. The van der Waals surface area contributed by atoms with Crippen LogP contribution < -0.4 is 10.2 Å². The molecule has 0 heterocycles. The highest BCUT2D eigenvalue weighted by atomic mass is 19.1. The number of hydrogen-bond donors (Lipinski definition) is 1. The van der Waals surface area contributed by atoms with Crippen molar-refractivity contribution < 1.29 is 4.39 Å². The van der Waals surface area contributed by atoms with E-state index in [4.69, 9.17) is 0 Å². The molecule has 0 bridgehead atoms. The van der Waals surface area contributed by atoms with Gasteiger partial charge in [0, 0.05) is 25.7 Å². The minimum absolute atomic E-state index is 0.0353. The molecule has 0 aliphatic heterocycles. The van der Waals surface area contributed by atoms with Crippen LogP contribution in [0.5, 0.6) is 0 Å². The number of anilines is 1. The molecular weight excluding hydrogens is 263 g/mol. The lowest BCUT2D eigenvalue weighted by atomic mass is 10.0. The van der Waals surface area contributed by atoms with E-state index < -0.39 is 0 Å². The molecule has 0 atom stereocenters. The lowest BCUT2D eigenvalue weighted by Gasteiger charge is -2.28. The van der Waals surface area contributed by atoms with Crippen LogP contribution in [0.2, 0.25) is 0 Å². The molecule has 1 saturated carbocycles. The second-order valence-electron chi connectivity index (χ2n) is 7.38. The fourth-order valence-corrected chi connectivity index (χ4v) is 3.16. The third kappa shape index (κ3) is 4.70. The quantitative estimate of drug-likeness (QED) is 0.868. The summed E-state index contributed by atoms with van der Waals surface area (Å²) in [6, 6.07) is 5.41. The van der Waals surface area contributed by atoms with Crippen LogP contribution in [-0.4, -0.2) is 19.1 Å². The van der Waals surface area contributed by atoms with Gasteiger partial charge in [0.2, 0.25) is 0 Å². The van der Waals surface area contributed by atoms with Crippen LogP contribution in [0.1, 0.15) is 52.0 Å². The van der Waals surface area contributed by atoms with Gasteiger partial charge in [-0.25, -0.2) is 4.39 Å². The Kier molecular flexibility index (Phi) is 5.26. The van der Waals surface area contributed by atoms with Gasteiger partial charge in [-0.3, -0.25) is 0 Å². The van der Waals surface area contributed by atoms with E-state index in [-0.39, 0.29) is 11.4 Å². The van der Waals surface area contributed by atoms with Gasteiger partial charge in [-0.1, -0.05) is 25.0 Å². The average molecular weight is 292 g/mol. The fourth-order valence-electron chi connectivity index (χ4n) is 3.16.